The molecule has 0 saturated carbocycles. The Labute approximate surface area is 74.4 Å². The average Bonchev–Trinajstić information content (AvgIpc) is 2.04. The number of carbonyl (C=O) groups excluding carboxylic acids is 1. The molecule has 0 unspecified atom stereocenters. The molecule has 0 atom stereocenters. The van der Waals surface area contributed by atoms with Crippen LogP contribution >= 0.6 is 0 Å². The van der Waals surface area contributed by atoms with E-state index in [0.717, 1.165) is 11.8 Å². The number of hydrogen-bond donors (Lipinski definition) is 2. The summed E-state index contributed by atoms with van der Waals surface area (Å²) in [4.78, 5) is 24.1. The fourth-order valence-corrected chi connectivity index (χ4v) is 0.875. The number of anilines is 1. The molecular weight excluding hydrogens is 172 g/mol. The van der Waals surface area contributed by atoms with Crippen LogP contribution in [-0.4, -0.2) is 22.5 Å². The van der Waals surface area contributed by atoms with Crippen molar-refractivity contribution in [2.24, 2.45) is 0 Å². The number of carbonyl (C=O) groups is 2. The molecule has 1 heterocycles. The normalized spacial score (nSPS) is 9.23. The number of pyridine rings is 1. The highest BCUT2D eigenvalue weighted by molar-refractivity contribution is 5.81. The summed E-state index contributed by atoms with van der Waals surface area (Å²) < 4.78 is 0. The molecule has 13 heavy (non-hydrogen) atoms. The molecule has 1 aromatic rings. The van der Waals surface area contributed by atoms with E-state index in [4.69, 9.17) is 5.11 Å². The molecule has 0 bridgehead atoms. The van der Waals surface area contributed by atoms with E-state index in [-0.39, 0.29) is 12.2 Å². The smallest absolute Gasteiger partial charge is 0.410 e. The summed E-state index contributed by atoms with van der Waals surface area (Å²) in [5.74, 6) is 0.229. The van der Waals surface area contributed by atoms with Crippen LogP contribution in [0.4, 0.5) is 10.6 Å². The largest absolute Gasteiger partial charge is 0.465 e. The lowest BCUT2D eigenvalue weighted by atomic mass is 10.2. The van der Waals surface area contributed by atoms with Crippen LogP contribution in [-0.2, 0) is 11.2 Å². The summed E-state index contributed by atoms with van der Waals surface area (Å²) in [7, 11) is 0. The Morgan fingerprint density at radius 2 is 2.46 bits per heavy atom. The zero-order valence-electron chi connectivity index (χ0n) is 6.73. The van der Waals surface area contributed by atoms with Crippen LogP contribution in [0.15, 0.2) is 18.3 Å². The summed E-state index contributed by atoms with van der Waals surface area (Å²) in [6.45, 7) is 0. The SMILES string of the molecule is O=CCc1ccnc(NC(=O)O)c1. The third-order valence-electron chi connectivity index (χ3n) is 1.38. The topological polar surface area (TPSA) is 79.3 Å². The van der Waals surface area contributed by atoms with Crippen LogP contribution in [0, 0.1) is 0 Å². The lowest BCUT2D eigenvalue weighted by Crippen LogP contribution is -2.08. The Hall–Kier alpha value is -1.91. The third kappa shape index (κ3) is 2.90. The van der Waals surface area contributed by atoms with Crippen molar-refractivity contribution in [3.05, 3.63) is 23.9 Å². The maximum absolute atomic E-state index is 10.2. The molecule has 5 heteroatoms. The van der Waals surface area contributed by atoms with Crippen molar-refractivity contribution in [2.45, 2.75) is 6.42 Å². The predicted octanol–water partition coefficient (Wildman–Crippen LogP) is 0.913. The van der Waals surface area contributed by atoms with E-state index in [1.165, 1.54) is 12.3 Å². The van der Waals surface area contributed by atoms with Gasteiger partial charge in [0.25, 0.3) is 0 Å². The molecule has 2 N–H and O–H groups in total. The molecule has 0 spiro atoms. The lowest BCUT2D eigenvalue weighted by molar-refractivity contribution is -0.107. The number of amides is 1. The van der Waals surface area contributed by atoms with E-state index in [0.29, 0.717) is 0 Å². The van der Waals surface area contributed by atoms with Crippen LogP contribution in [0.3, 0.4) is 0 Å². The Morgan fingerprint density at radius 1 is 1.69 bits per heavy atom. The van der Waals surface area contributed by atoms with E-state index in [2.05, 4.69) is 10.3 Å². The Morgan fingerprint density at radius 3 is 3.08 bits per heavy atom. The van der Waals surface area contributed by atoms with Gasteiger partial charge in [-0.1, -0.05) is 0 Å². The van der Waals surface area contributed by atoms with Crippen molar-refractivity contribution < 1.29 is 14.7 Å². The average molecular weight is 180 g/mol. The fourth-order valence-electron chi connectivity index (χ4n) is 0.875. The van der Waals surface area contributed by atoms with Crippen molar-refractivity contribution in [3.63, 3.8) is 0 Å². The van der Waals surface area contributed by atoms with E-state index in [9.17, 15) is 9.59 Å². The molecule has 1 aromatic heterocycles. The summed E-state index contributed by atoms with van der Waals surface area (Å²) in [5, 5.41) is 10.5. The first-order chi connectivity index (χ1) is 6.22. The van der Waals surface area contributed by atoms with Gasteiger partial charge in [-0.05, 0) is 17.7 Å². The number of aldehydes is 1. The number of hydrogen-bond acceptors (Lipinski definition) is 3. The second-order valence-electron chi connectivity index (χ2n) is 2.35. The second-order valence-corrected chi connectivity index (χ2v) is 2.35. The van der Waals surface area contributed by atoms with Gasteiger partial charge in [-0.15, -0.1) is 0 Å². The van der Waals surface area contributed by atoms with Crippen molar-refractivity contribution >= 4 is 18.2 Å². The van der Waals surface area contributed by atoms with Crippen LogP contribution in [0.5, 0.6) is 0 Å². The summed E-state index contributed by atoms with van der Waals surface area (Å²) >= 11 is 0. The zero-order chi connectivity index (χ0) is 9.68. The van der Waals surface area contributed by atoms with Gasteiger partial charge in [0.05, 0.1) is 0 Å². The molecule has 0 aliphatic heterocycles. The first kappa shape index (κ1) is 9.18. The summed E-state index contributed by atoms with van der Waals surface area (Å²) in [6.07, 6.45) is 1.29. The van der Waals surface area contributed by atoms with Gasteiger partial charge in [-0.2, -0.15) is 0 Å². The first-order valence-corrected chi connectivity index (χ1v) is 3.61. The van der Waals surface area contributed by atoms with Gasteiger partial charge in [-0.3, -0.25) is 5.32 Å². The Kier molecular flexibility index (Phi) is 2.97. The molecule has 68 valence electrons. The number of aromatic nitrogens is 1. The minimum Gasteiger partial charge on any atom is -0.465 e. The van der Waals surface area contributed by atoms with Crippen LogP contribution in [0.1, 0.15) is 5.56 Å². The van der Waals surface area contributed by atoms with Crippen molar-refractivity contribution in [1.29, 1.82) is 0 Å². The predicted molar refractivity (Wildman–Crippen MR) is 45.7 cm³/mol. The monoisotopic (exact) mass is 180 g/mol. The standard InChI is InChI=1S/C8H8N2O3/c11-4-2-6-1-3-9-7(5-6)10-8(12)13/h1,3-5H,2H2,(H,9,10)(H,12,13). The van der Waals surface area contributed by atoms with Gasteiger partial charge >= 0.3 is 6.09 Å². The number of nitrogens with zero attached hydrogens (tertiary/aromatic N) is 1. The van der Waals surface area contributed by atoms with E-state index in [1.807, 2.05) is 0 Å². The third-order valence-corrected chi connectivity index (χ3v) is 1.38. The molecule has 0 aliphatic rings. The zero-order valence-corrected chi connectivity index (χ0v) is 6.73. The molecule has 0 aliphatic carbocycles. The molecule has 0 fully saturated rings. The highest BCUT2D eigenvalue weighted by Crippen LogP contribution is 2.06. The van der Waals surface area contributed by atoms with Crippen LogP contribution in [0.2, 0.25) is 0 Å². The Bertz CT molecular complexity index is 325. The minimum atomic E-state index is -1.17. The number of rotatable bonds is 3. The van der Waals surface area contributed by atoms with Gasteiger partial charge in [0, 0.05) is 12.6 Å². The van der Waals surface area contributed by atoms with Gasteiger partial charge in [0.1, 0.15) is 12.1 Å². The Balaban J connectivity index is 2.78. The maximum atomic E-state index is 10.2. The quantitative estimate of drug-likeness (QED) is 0.677. The van der Waals surface area contributed by atoms with Crippen molar-refractivity contribution in [2.75, 3.05) is 5.32 Å². The maximum Gasteiger partial charge on any atom is 0.410 e. The molecule has 5 nitrogen and oxygen atoms in total. The number of nitrogens with one attached hydrogen (secondary N) is 1. The van der Waals surface area contributed by atoms with E-state index in [1.54, 1.807) is 6.07 Å². The van der Waals surface area contributed by atoms with Crippen molar-refractivity contribution in [3.8, 4) is 0 Å². The highest BCUT2D eigenvalue weighted by Gasteiger charge is 1.99. The van der Waals surface area contributed by atoms with E-state index < -0.39 is 6.09 Å². The van der Waals surface area contributed by atoms with Crippen LogP contribution in [0.25, 0.3) is 0 Å². The highest BCUT2D eigenvalue weighted by atomic mass is 16.4. The number of carboxylic acid groups (broad SMARTS) is 1. The molecule has 0 radical (unpaired) electrons. The molecule has 1 rings (SSSR count). The van der Waals surface area contributed by atoms with Crippen molar-refractivity contribution in [1.82, 2.24) is 4.98 Å². The first-order valence-electron chi connectivity index (χ1n) is 3.61. The summed E-state index contributed by atoms with van der Waals surface area (Å²) in [5.41, 5.74) is 0.730. The van der Waals surface area contributed by atoms with Gasteiger partial charge in [0.2, 0.25) is 0 Å². The van der Waals surface area contributed by atoms with Gasteiger partial charge < -0.3 is 9.90 Å². The second kappa shape index (κ2) is 4.20. The van der Waals surface area contributed by atoms with Gasteiger partial charge in [0.15, 0.2) is 0 Å². The van der Waals surface area contributed by atoms with E-state index >= 15 is 0 Å². The van der Waals surface area contributed by atoms with Gasteiger partial charge in [-0.25, -0.2) is 9.78 Å². The summed E-state index contributed by atoms with van der Waals surface area (Å²) in [6, 6.07) is 3.17. The molecule has 0 saturated heterocycles. The van der Waals surface area contributed by atoms with Crippen LogP contribution < -0.4 is 5.32 Å². The fraction of sp³-hybridized carbons (Fsp3) is 0.125. The molecule has 1 amide bonds. The lowest BCUT2D eigenvalue weighted by Gasteiger charge is -2.00. The molecule has 0 aromatic carbocycles. The minimum absolute atomic E-state index is 0.229. The molecular formula is C8H8N2O3.